The summed E-state index contributed by atoms with van der Waals surface area (Å²) in [7, 11) is 1.60. The number of hydrogen-bond acceptors (Lipinski definition) is 4. The average molecular weight is 396 g/mol. The predicted molar refractivity (Wildman–Crippen MR) is 106 cm³/mol. The summed E-state index contributed by atoms with van der Waals surface area (Å²) in [5.41, 5.74) is 1.44. The number of carboxylic acid groups (broad SMARTS) is 1. The van der Waals surface area contributed by atoms with Gasteiger partial charge in [-0.05, 0) is 66.1 Å². The van der Waals surface area contributed by atoms with E-state index in [1.54, 1.807) is 13.2 Å². The quantitative estimate of drug-likeness (QED) is 0.537. The summed E-state index contributed by atoms with van der Waals surface area (Å²) in [6.45, 7) is 0.172. The van der Waals surface area contributed by atoms with Gasteiger partial charge in [-0.25, -0.2) is 4.39 Å². The molecule has 29 heavy (non-hydrogen) atoms. The number of benzene rings is 3. The van der Waals surface area contributed by atoms with Crippen LogP contribution in [-0.4, -0.2) is 18.2 Å². The first-order valence-electron chi connectivity index (χ1n) is 9.07. The summed E-state index contributed by atoms with van der Waals surface area (Å²) in [5, 5.41) is 8.71. The van der Waals surface area contributed by atoms with E-state index in [0.29, 0.717) is 17.1 Å². The lowest BCUT2D eigenvalue weighted by atomic mass is 10.1. The topological polar surface area (TPSA) is 65.0 Å². The Bertz CT molecular complexity index is 969. The van der Waals surface area contributed by atoms with E-state index in [9.17, 15) is 9.18 Å². The van der Waals surface area contributed by atoms with Crippen molar-refractivity contribution in [3.63, 3.8) is 0 Å². The summed E-state index contributed by atoms with van der Waals surface area (Å²) in [4.78, 5) is 10.6. The van der Waals surface area contributed by atoms with Gasteiger partial charge in [0.15, 0.2) is 11.6 Å². The fourth-order valence-electron chi connectivity index (χ4n) is 2.71. The van der Waals surface area contributed by atoms with E-state index >= 15 is 0 Å². The standard InChI is InChI=1S/C23H21FO5/c1-27-18-7-9-19(10-8-18)29-20-4-2-3-17(13-20)15-28-22-11-5-16(14-21(22)24)6-12-23(25)26/h2-5,7-11,13-14H,6,12,15H2,1H3,(H,25,26). The van der Waals surface area contributed by atoms with Gasteiger partial charge in [0.05, 0.1) is 7.11 Å². The molecule has 0 radical (unpaired) electrons. The molecule has 0 heterocycles. The van der Waals surface area contributed by atoms with E-state index in [2.05, 4.69) is 0 Å². The molecule has 0 spiro atoms. The third-order valence-corrected chi connectivity index (χ3v) is 4.21. The van der Waals surface area contributed by atoms with Gasteiger partial charge >= 0.3 is 5.97 Å². The molecule has 1 N–H and O–H groups in total. The second-order valence-corrected chi connectivity index (χ2v) is 6.37. The minimum absolute atomic E-state index is 0.0410. The third-order valence-electron chi connectivity index (χ3n) is 4.21. The molecule has 0 aliphatic carbocycles. The number of carboxylic acids is 1. The van der Waals surface area contributed by atoms with Crippen molar-refractivity contribution in [1.82, 2.24) is 0 Å². The summed E-state index contributed by atoms with van der Waals surface area (Å²) >= 11 is 0. The van der Waals surface area contributed by atoms with E-state index in [1.165, 1.54) is 12.1 Å². The first-order valence-corrected chi connectivity index (χ1v) is 9.07. The molecule has 0 aliphatic rings. The van der Waals surface area contributed by atoms with Gasteiger partial charge < -0.3 is 19.3 Å². The second-order valence-electron chi connectivity index (χ2n) is 6.37. The van der Waals surface area contributed by atoms with E-state index in [-0.39, 0.29) is 25.2 Å². The van der Waals surface area contributed by atoms with Crippen LogP contribution in [0.5, 0.6) is 23.0 Å². The van der Waals surface area contributed by atoms with Crippen LogP contribution in [0.3, 0.4) is 0 Å². The lowest BCUT2D eigenvalue weighted by Crippen LogP contribution is -2.00. The number of methoxy groups -OCH3 is 1. The molecule has 5 nitrogen and oxygen atoms in total. The molecule has 0 unspecified atom stereocenters. The zero-order valence-electron chi connectivity index (χ0n) is 15.9. The molecule has 0 aliphatic heterocycles. The van der Waals surface area contributed by atoms with Gasteiger partial charge in [-0.15, -0.1) is 0 Å². The maximum atomic E-state index is 14.2. The Morgan fingerprint density at radius 1 is 0.931 bits per heavy atom. The molecule has 0 saturated carbocycles. The van der Waals surface area contributed by atoms with Gasteiger partial charge in [-0.2, -0.15) is 0 Å². The van der Waals surface area contributed by atoms with Crippen LogP contribution in [0.1, 0.15) is 17.5 Å². The van der Waals surface area contributed by atoms with E-state index in [0.717, 1.165) is 11.3 Å². The Hall–Kier alpha value is -3.54. The first-order chi connectivity index (χ1) is 14.0. The summed E-state index contributed by atoms with van der Waals surface area (Å²) in [6, 6.07) is 19.1. The number of rotatable bonds is 9. The van der Waals surface area contributed by atoms with Crippen molar-refractivity contribution < 1.29 is 28.5 Å². The van der Waals surface area contributed by atoms with Gasteiger partial charge in [-0.3, -0.25) is 4.79 Å². The van der Waals surface area contributed by atoms with Gasteiger partial charge in [-0.1, -0.05) is 18.2 Å². The van der Waals surface area contributed by atoms with Gasteiger partial charge in [0, 0.05) is 6.42 Å². The minimum atomic E-state index is -0.914. The van der Waals surface area contributed by atoms with Crippen LogP contribution in [0, 0.1) is 5.82 Å². The van der Waals surface area contributed by atoms with Gasteiger partial charge in [0.2, 0.25) is 0 Å². The number of ether oxygens (including phenoxy) is 3. The first kappa shape index (κ1) is 20.2. The van der Waals surface area contributed by atoms with Crippen molar-refractivity contribution in [1.29, 1.82) is 0 Å². The molecule has 0 bridgehead atoms. The summed E-state index contributed by atoms with van der Waals surface area (Å²) in [5.74, 6) is 0.745. The molecule has 3 aromatic rings. The molecular weight excluding hydrogens is 375 g/mol. The van der Waals surface area contributed by atoms with Crippen molar-refractivity contribution in [2.24, 2.45) is 0 Å². The Labute approximate surface area is 168 Å². The van der Waals surface area contributed by atoms with Gasteiger partial charge in [0.1, 0.15) is 23.9 Å². The fraction of sp³-hybridized carbons (Fsp3) is 0.174. The van der Waals surface area contributed by atoms with Crippen LogP contribution >= 0.6 is 0 Å². The highest BCUT2D eigenvalue weighted by atomic mass is 19.1. The van der Waals surface area contributed by atoms with Crippen molar-refractivity contribution in [3.05, 3.63) is 83.7 Å². The molecule has 3 aromatic carbocycles. The highest BCUT2D eigenvalue weighted by molar-refractivity contribution is 5.67. The van der Waals surface area contributed by atoms with Crippen LogP contribution in [0.25, 0.3) is 0 Å². The Kier molecular flexibility index (Phi) is 6.68. The van der Waals surface area contributed by atoms with Crippen LogP contribution in [0.4, 0.5) is 4.39 Å². The van der Waals surface area contributed by atoms with Crippen LogP contribution in [0.2, 0.25) is 0 Å². The predicted octanol–water partition coefficient (Wildman–Crippen LogP) is 5.22. The van der Waals surface area contributed by atoms with Crippen LogP contribution in [0.15, 0.2) is 66.7 Å². The normalized spacial score (nSPS) is 10.4. The number of hydrogen-bond donors (Lipinski definition) is 1. The lowest BCUT2D eigenvalue weighted by molar-refractivity contribution is -0.136. The molecular formula is C23H21FO5. The molecule has 6 heteroatoms. The third kappa shape index (κ3) is 5.97. The van der Waals surface area contributed by atoms with Gasteiger partial charge in [0.25, 0.3) is 0 Å². The average Bonchev–Trinajstić information content (AvgIpc) is 2.72. The lowest BCUT2D eigenvalue weighted by Gasteiger charge is -2.11. The highest BCUT2D eigenvalue weighted by Crippen LogP contribution is 2.25. The number of aryl methyl sites for hydroxylation is 1. The zero-order valence-corrected chi connectivity index (χ0v) is 15.9. The molecule has 0 aromatic heterocycles. The van der Waals surface area contributed by atoms with E-state index in [4.69, 9.17) is 19.3 Å². The summed E-state index contributed by atoms with van der Waals surface area (Å²) < 4.78 is 30.7. The second kappa shape index (κ2) is 9.59. The minimum Gasteiger partial charge on any atom is -0.497 e. The fourth-order valence-corrected chi connectivity index (χ4v) is 2.71. The van der Waals surface area contributed by atoms with E-state index < -0.39 is 11.8 Å². The number of aliphatic carboxylic acids is 1. The molecule has 0 amide bonds. The monoisotopic (exact) mass is 396 g/mol. The number of halogens is 1. The Morgan fingerprint density at radius 2 is 1.69 bits per heavy atom. The largest absolute Gasteiger partial charge is 0.497 e. The Morgan fingerprint density at radius 3 is 2.38 bits per heavy atom. The maximum absolute atomic E-state index is 14.2. The maximum Gasteiger partial charge on any atom is 0.303 e. The highest BCUT2D eigenvalue weighted by Gasteiger charge is 2.08. The molecule has 0 saturated heterocycles. The van der Waals surface area contributed by atoms with E-state index in [1.807, 2.05) is 48.5 Å². The molecule has 3 rings (SSSR count). The van der Waals surface area contributed by atoms with Crippen LogP contribution in [-0.2, 0) is 17.8 Å². The SMILES string of the molecule is COc1ccc(Oc2cccc(COc3ccc(CCC(=O)O)cc3F)c2)cc1. The smallest absolute Gasteiger partial charge is 0.303 e. The Balaban J connectivity index is 1.60. The van der Waals surface area contributed by atoms with Crippen molar-refractivity contribution >= 4 is 5.97 Å². The van der Waals surface area contributed by atoms with Crippen molar-refractivity contribution in [2.45, 2.75) is 19.4 Å². The molecule has 0 fully saturated rings. The number of carbonyl (C=O) groups is 1. The van der Waals surface area contributed by atoms with Crippen molar-refractivity contribution in [3.8, 4) is 23.0 Å². The van der Waals surface area contributed by atoms with Crippen LogP contribution < -0.4 is 14.2 Å². The summed E-state index contributed by atoms with van der Waals surface area (Å²) in [6.07, 6.45) is 0.234. The van der Waals surface area contributed by atoms with Crippen molar-refractivity contribution in [2.75, 3.05) is 7.11 Å². The molecule has 150 valence electrons. The molecule has 0 atom stereocenters. The zero-order chi connectivity index (χ0) is 20.6.